The maximum Gasteiger partial charge on any atom is 0.327 e. The first-order chi connectivity index (χ1) is 17.0. The van der Waals surface area contributed by atoms with E-state index in [0.29, 0.717) is 19.1 Å². The highest BCUT2D eigenvalue weighted by molar-refractivity contribution is 6.00. The predicted octanol–water partition coefficient (Wildman–Crippen LogP) is 2.95. The summed E-state index contributed by atoms with van der Waals surface area (Å²) in [4.78, 5) is 34.6. The summed E-state index contributed by atoms with van der Waals surface area (Å²) < 4.78 is 5.61. The molecule has 0 saturated carbocycles. The summed E-state index contributed by atoms with van der Waals surface area (Å²) in [5.41, 5.74) is 2.29. The molecule has 186 valence electrons. The Hall–Kier alpha value is -3.10. The van der Waals surface area contributed by atoms with Gasteiger partial charge in [-0.15, -0.1) is 0 Å². The van der Waals surface area contributed by atoms with Gasteiger partial charge in [-0.1, -0.05) is 37.3 Å². The number of ether oxygens (including phenoxy) is 1. The van der Waals surface area contributed by atoms with Crippen LogP contribution in [0.25, 0.3) is 0 Å². The molecule has 5 rings (SSSR count). The Kier molecular flexibility index (Phi) is 6.67. The Balaban J connectivity index is 1.34. The molecule has 1 N–H and O–H groups in total. The molecule has 4 atom stereocenters. The number of hydrogen-bond acceptors (Lipinski definition) is 6. The summed E-state index contributed by atoms with van der Waals surface area (Å²) in [5.74, 6) is 1.13. The second-order valence-electron chi connectivity index (χ2n) is 9.78. The van der Waals surface area contributed by atoms with Crippen molar-refractivity contribution in [3.63, 3.8) is 0 Å². The number of carbonyl (C=O) groups is 2. The van der Waals surface area contributed by atoms with Crippen molar-refractivity contribution in [2.45, 2.75) is 45.2 Å². The van der Waals surface area contributed by atoms with Crippen LogP contribution in [0.1, 0.15) is 25.8 Å². The van der Waals surface area contributed by atoms with Gasteiger partial charge < -0.3 is 14.5 Å². The van der Waals surface area contributed by atoms with E-state index in [4.69, 9.17) is 4.74 Å². The summed E-state index contributed by atoms with van der Waals surface area (Å²) in [6.07, 6.45) is 1.09. The Morgan fingerprint density at radius 3 is 2.49 bits per heavy atom. The number of carbonyl (C=O) groups excluding carboxylic acids is 2. The number of fused-ring (bicyclic) bond motifs is 3. The van der Waals surface area contributed by atoms with Crippen LogP contribution in [0.2, 0.25) is 0 Å². The van der Waals surface area contributed by atoms with Gasteiger partial charge in [0, 0.05) is 32.4 Å². The molecule has 3 amide bonds. The number of amides is 3. The molecule has 0 bridgehead atoms. The van der Waals surface area contributed by atoms with E-state index in [1.54, 1.807) is 11.9 Å². The molecule has 3 fully saturated rings. The van der Waals surface area contributed by atoms with E-state index in [1.165, 1.54) is 10.5 Å². The molecule has 3 heterocycles. The molecule has 35 heavy (non-hydrogen) atoms. The van der Waals surface area contributed by atoms with E-state index < -0.39 is 6.04 Å². The number of rotatable bonds is 7. The van der Waals surface area contributed by atoms with E-state index in [2.05, 4.69) is 46.3 Å². The van der Waals surface area contributed by atoms with Crippen LogP contribution in [0.3, 0.4) is 0 Å². The number of imide groups is 1. The van der Waals surface area contributed by atoms with Crippen molar-refractivity contribution in [3.8, 4) is 5.75 Å². The first kappa shape index (κ1) is 23.6. The van der Waals surface area contributed by atoms with Gasteiger partial charge in [-0.3, -0.25) is 19.9 Å². The smallest absolute Gasteiger partial charge is 0.327 e. The molecule has 0 aromatic heterocycles. The fourth-order valence-corrected chi connectivity index (χ4v) is 5.61. The van der Waals surface area contributed by atoms with Gasteiger partial charge in [-0.05, 0) is 55.5 Å². The number of urea groups is 1. The van der Waals surface area contributed by atoms with Crippen LogP contribution in [0.15, 0.2) is 54.6 Å². The van der Waals surface area contributed by atoms with Gasteiger partial charge in [0.05, 0.1) is 6.61 Å². The van der Waals surface area contributed by atoms with Crippen molar-refractivity contribution in [2.75, 3.05) is 38.2 Å². The Morgan fingerprint density at radius 2 is 1.77 bits per heavy atom. The predicted molar refractivity (Wildman–Crippen MR) is 135 cm³/mol. The number of nitrogens with one attached hydrogen (secondary N) is 1. The van der Waals surface area contributed by atoms with Gasteiger partial charge in [-0.2, -0.15) is 0 Å². The molecule has 2 aromatic carbocycles. The minimum atomic E-state index is -0.396. The first-order valence-corrected chi connectivity index (χ1v) is 12.6. The molecule has 2 aromatic rings. The lowest BCUT2D eigenvalue weighted by molar-refractivity contribution is -0.138. The van der Waals surface area contributed by atoms with Crippen molar-refractivity contribution in [2.24, 2.45) is 5.92 Å². The van der Waals surface area contributed by atoms with E-state index >= 15 is 0 Å². The number of likely N-dealkylation sites (N-methyl/N-ethyl adjacent to an activating group) is 1. The molecule has 0 spiro atoms. The van der Waals surface area contributed by atoms with E-state index in [1.807, 2.05) is 37.3 Å². The summed E-state index contributed by atoms with van der Waals surface area (Å²) in [7, 11) is 1.80. The normalized spacial score (nSPS) is 26.7. The second-order valence-corrected chi connectivity index (χ2v) is 9.78. The summed E-state index contributed by atoms with van der Waals surface area (Å²) in [6.45, 7) is 6.92. The van der Waals surface area contributed by atoms with Crippen LogP contribution in [-0.2, 0) is 11.2 Å². The Labute approximate surface area is 207 Å². The highest BCUT2D eigenvalue weighted by Gasteiger charge is 2.56. The zero-order valence-corrected chi connectivity index (χ0v) is 20.8. The third kappa shape index (κ3) is 4.48. The molecule has 3 aliphatic heterocycles. The average Bonchev–Trinajstić information content (AvgIpc) is 3.25. The first-order valence-electron chi connectivity index (χ1n) is 12.6. The van der Waals surface area contributed by atoms with Gasteiger partial charge in [0.1, 0.15) is 24.2 Å². The summed E-state index contributed by atoms with van der Waals surface area (Å²) in [6, 6.07) is 17.7. The minimum Gasteiger partial charge on any atom is -0.494 e. The maximum absolute atomic E-state index is 13.7. The lowest BCUT2D eigenvalue weighted by Crippen LogP contribution is -2.66. The van der Waals surface area contributed by atoms with Gasteiger partial charge in [0.25, 0.3) is 5.91 Å². The lowest BCUT2D eigenvalue weighted by Gasteiger charge is -2.46. The van der Waals surface area contributed by atoms with Crippen LogP contribution >= 0.6 is 0 Å². The van der Waals surface area contributed by atoms with Gasteiger partial charge in [0.15, 0.2) is 0 Å². The SMILES string of the molecule is CCOc1ccc(N2CC(C)CN3C4C(=O)N(CCCc5ccccc5)C(=O)N(C)C4NC23)cc1. The van der Waals surface area contributed by atoms with Crippen LogP contribution in [0, 0.1) is 5.92 Å². The zero-order chi connectivity index (χ0) is 24.5. The molecule has 0 radical (unpaired) electrons. The second kappa shape index (κ2) is 9.87. The topological polar surface area (TPSA) is 68.4 Å². The molecule has 3 aliphatic rings. The average molecular weight is 478 g/mol. The van der Waals surface area contributed by atoms with Crippen molar-refractivity contribution in [1.29, 1.82) is 0 Å². The third-order valence-corrected chi connectivity index (χ3v) is 7.25. The monoisotopic (exact) mass is 477 g/mol. The van der Waals surface area contributed by atoms with E-state index in [9.17, 15) is 9.59 Å². The van der Waals surface area contributed by atoms with E-state index in [0.717, 1.165) is 37.4 Å². The Bertz CT molecular complexity index is 1050. The van der Waals surface area contributed by atoms with Gasteiger partial charge in [-0.25, -0.2) is 4.79 Å². The zero-order valence-electron chi connectivity index (χ0n) is 20.8. The van der Waals surface area contributed by atoms with E-state index in [-0.39, 0.29) is 24.4 Å². The fraction of sp³-hybridized carbons (Fsp3) is 0.481. The Morgan fingerprint density at radius 1 is 1.03 bits per heavy atom. The number of nitrogens with zero attached hydrogens (tertiary/aromatic N) is 4. The third-order valence-electron chi connectivity index (χ3n) is 7.25. The quantitative estimate of drug-likeness (QED) is 0.662. The van der Waals surface area contributed by atoms with Gasteiger partial charge >= 0.3 is 6.03 Å². The molecule has 8 heteroatoms. The highest BCUT2D eigenvalue weighted by Crippen LogP contribution is 2.35. The fourth-order valence-electron chi connectivity index (χ4n) is 5.61. The molecular weight excluding hydrogens is 442 g/mol. The molecule has 3 saturated heterocycles. The van der Waals surface area contributed by atoms with Crippen LogP contribution < -0.4 is 15.0 Å². The van der Waals surface area contributed by atoms with Crippen LogP contribution in [0.5, 0.6) is 5.75 Å². The summed E-state index contributed by atoms with van der Waals surface area (Å²) in [5, 5.41) is 3.60. The lowest BCUT2D eigenvalue weighted by atomic mass is 10.0. The van der Waals surface area contributed by atoms with Crippen molar-refractivity contribution < 1.29 is 14.3 Å². The maximum atomic E-state index is 13.7. The van der Waals surface area contributed by atoms with Crippen LogP contribution in [0.4, 0.5) is 10.5 Å². The van der Waals surface area contributed by atoms with Crippen LogP contribution in [-0.4, -0.2) is 78.4 Å². The number of aryl methyl sites for hydroxylation is 1. The number of hydrogen-bond donors (Lipinski definition) is 1. The van der Waals surface area contributed by atoms with Crippen molar-refractivity contribution in [1.82, 2.24) is 20.0 Å². The number of benzene rings is 2. The molecule has 0 aliphatic carbocycles. The minimum absolute atomic E-state index is 0.0955. The molecule has 4 unspecified atom stereocenters. The van der Waals surface area contributed by atoms with Crippen molar-refractivity contribution in [3.05, 3.63) is 60.2 Å². The molecule has 8 nitrogen and oxygen atoms in total. The highest BCUT2D eigenvalue weighted by atomic mass is 16.5. The van der Waals surface area contributed by atoms with Crippen molar-refractivity contribution >= 4 is 17.6 Å². The standard InChI is InChI=1S/C27H35N5O3/c1-4-35-22-14-12-21(13-15-22)31-17-19(2)18-32-23-24(28-26(31)32)29(3)27(34)30(25(23)33)16-8-11-20-9-6-5-7-10-20/h5-7,9-10,12-15,19,23-24,26,28H,4,8,11,16-18H2,1-3H3. The van der Waals surface area contributed by atoms with Gasteiger partial charge in [0.2, 0.25) is 0 Å². The molecular formula is C27H35N5O3. The largest absolute Gasteiger partial charge is 0.494 e. The number of anilines is 1. The summed E-state index contributed by atoms with van der Waals surface area (Å²) >= 11 is 0.